The molecular weight excluding hydrogens is 457 g/mol. The number of nitrogens with one attached hydrogen (secondary N) is 2. The van der Waals surface area contributed by atoms with E-state index < -0.39 is 17.5 Å². The van der Waals surface area contributed by atoms with Crippen molar-refractivity contribution in [3.63, 3.8) is 0 Å². The number of carbonyl (C=O) groups excluding carboxylic acids is 1. The lowest BCUT2D eigenvalue weighted by molar-refractivity contribution is 0.0759. The summed E-state index contributed by atoms with van der Waals surface area (Å²) in [5.41, 5.74) is 3.16. The van der Waals surface area contributed by atoms with Crippen LogP contribution in [-0.2, 0) is 0 Å². The summed E-state index contributed by atoms with van der Waals surface area (Å²) in [6.45, 7) is 1.82. The maximum absolute atomic E-state index is 14.4. The Balaban J connectivity index is 1.90. The molecule has 8 heteroatoms. The molecule has 0 unspecified atom stereocenters. The van der Waals surface area contributed by atoms with Crippen LogP contribution < -0.4 is 15.6 Å². The van der Waals surface area contributed by atoms with E-state index in [1.165, 1.54) is 24.7 Å². The Morgan fingerprint density at radius 1 is 1.19 bits per heavy atom. The van der Waals surface area contributed by atoms with Crippen molar-refractivity contribution >= 4 is 39.9 Å². The van der Waals surface area contributed by atoms with Crippen molar-refractivity contribution < 1.29 is 22.8 Å². The van der Waals surface area contributed by atoms with E-state index >= 15 is 0 Å². The summed E-state index contributed by atoms with van der Waals surface area (Å²) < 4.78 is 33.9. The molecule has 0 fully saturated rings. The minimum atomic E-state index is -1.15. The normalized spacial score (nSPS) is 10.5. The molecule has 0 radical (unpaired) electrons. The summed E-state index contributed by atoms with van der Waals surface area (Å²) in [5.74, 6) is -2.69. The van der Waals surface area contributed by atoms with E-state index in [2.05, 4.69) is 33.4 Å². The highest BCUT2D eigenvalue weighted by molar-refractivity contribution is 14.1. The highest BCUT2D eigenvalue weighted by Gasteiger charge is 2.20. The van der Waals surface area contributed by atoms with Crippen molar-refractivity contribution in [2.75, 3.05) is 5.32 Å². The molecule has 1 heterocycles. The van der Waals surface area contributed by atoms with Gasteiger partial charge in [0.2, 0.25) is 0 Å². The van der Waals surface area contributed by atoms with Crippen molar-refractivity contribution in [3.05, 3.63) is 75.3 Å². The number of amides is 1. The van der Waals surface area contributed by atoms with Gasteiger partial charge < -0.3 is 14.6 Å². The molecule has 0 spiro atoms. The van der Waals surface area contributed by atoms with Gasteiger partial charge >= 0.3 is 0 Å². The van der Waals surface area contributed by atoms with Gasteiger partial charge in [-0.15, -0.1) is 0 Å². The standard InChI is InChI=1S/C18H13F2IN2O3/c1-10-8-11(21)2-5-15(10)22-17-13(3-4-14(19)16(17)20)18(24)23-26-12-6-7-25-9-12/h2-9,22H,1H3,(H,23,24). The topological polar surface area (TPSA) is 63.5 Å². The van der Waals surface area contributed by atoms with Gasteiger partial charge in [0.15, 0.2) is 17.4 Å². The van der Waals surface area contributed by atoms with Crippen molar-refractivity contribution in [2.24, 2.45) is 0 Å². The van der Waals surface area contributed by atoms with E-state index in [4.69, 9.17) is 9.25 Å². The third-order valence-electron chi connectivity index (χ3n) is 3.54. The minimum absolute atomic E-state index is 0.106. The van der Waals surface area contributed by atoms with Gasteiger partial charge in [0.1, 0.15) is 6.26 Å². The van der Waals surface area contributed by atoms with Gasteiger partial charge in [-0.3, -0.25) is 4.79 Å². The lowest BCUT2D eigenvalue weighted by Gasteiger charge is -2.15. The van der Waals surface area contributed by atoms with Crippen molar-refractivity contribution in [1.82, 2.24) is 5.48 Å². The van der Waals surface area contributed by atoms with Crippen LogP contribution in [0.1, 0.15) is 15.9 Å². The van der Waals surface area contributed by atoms with E-state index in [1.54, 1.807) is 6.07 Å². The molecule has 26 heavy (non-hydrogen) atoms. The molecule has 3 rings (SSSR count). The minimum Gasteiger partial charge on any atom is -0.468 e. The summed E-state index contributed by atoms with van der Waals surface area (Å²) in [5, 5.41) is 2.80. The highest BCUT2D eigenvalue weighted by atomic mass is 127. The molecule has 0 atom stereocenters. The zero-order chi connectivity index (χ0) is 18.7. The van der Waals surface area contributed by atoms with Crippen LogP contribution in [-0.4, -0.2) is 5.91 Å². The molecule has 3 aromatic rings. The monoisotopic (exact) mass is 470 g/mol. The fourth-order valence-electron chi connectivity index (χ4n) is 2.23. The molecule has 1 aromatic heterocycles. The summed E-state index contributed by atoms with van der Waals surface area (Å²) in [6, 6.07) is 8.96. The lowest BCUT2D eigenvalue weighted by atomic mass is 10.1. The van der Waals surface area contributed by atoms with E-state index in [0.29, 0.717) is 5.69 Å². The molecule has 2 aromatic carbocycles. The second-order valence-corrected chi connectivity index (χ2v) is 6.61. The zero-order valence-electron chi connectivity index (χ0n) is 13.5. The number of halogens is 3. The SMILES string of the molecule is Cc1cc(I)ccc1Nc1c(C(=O)NOc2ccoc2)ccc(F)c1F. The molecule has 0 aliphatic heterocycles. The predicted octanol–water partition coefficient (Wildman–Crippen LogP) is 4.94. The van der Waals surface area contributed by atoms with Crippen LogP contribution in [0.4, 0.5) is 20.2 Å². The first-order chi connectivity index (χ1) is 12.5. The molecule has 0 saturated carbocycles. The predicted molar refractivity (Wildman–Crippen MR) is 100 cm³/mol. The van der Waals surface area contributed by atoms with E-state index in [1.807, 2.05) is 19.1 Å². The van der Waals surface area contributed by atoms with Gasteiger partial charge in [-0.05, 0) is 65.4 Å². The van der Waals surface area contributed by atoms with Crippen LogP contribution in [0.2, 0.25) is 0 Å². The number of anilines is 2. The quantitative estimate of drug-likeness (QED) is 0.410. The molecular formula is C18H13F2IN2O3. The number of hydrogen-bond donors (Lipinski definition) is 2. The number of furan rings is 1. The van der Waals surface area contributed by atoms with Crippen LogP contribution in [0.5, 0.6) is 5.75 Å². The van der Waals surface area contributed by atoms with E-state index in [9.17, 15) is 13.6 Å². The fourth-order valence-corrected chi connectivity index (χ4v) is 2.88. The molecule has 2 N–H and O–H groups in total. The fraction of sp³-hybridized carbons (Fsp3) is 0.0556. The Bertz CT molecular complexity index is 946. The number of hydroxylamine groups is 1. The molecule has 134 valence electrons. The van der Waals surface area contributed by atoms with Gasteiger partial charge in [0.05, 0.1) is 17.5 Å². The number of rotatable bonds is 5. The summed E-state index contributed by atoms with van der Waals surface area (Å²) >= 11 is 2.15. The third kappa shape index (κ3) is 3.96. The Morgan fingerprint density at radius 3 is 2.69 bits per heavy atom. The first-order valence-electron chi connectivity index (χ1n) is 7.46. The Kier molecular flexibility index (Phi) is 5.40. The molecule has 0 saturated heterocycles. The van der Waals surface area contributed by atoms with Crippen molar-refractivity contribution in [1.29, 1.82) is 0 Å². The number of carbonyl (C=O) groups is 1. The Morgan fingerprint density at radius 2 is 2.00 bits per heavy atom. The number of hydrogen-bond acceptors (Lipinski definition) is 4. The van der Waals surface area contributed by atoms with Gasteiger partial charge in [-0.2, -0.15) is 5.48 Å². The summed E-state index contributed by atoms with van der Waals surface area (Å²) in [4.78, 5) is 17.4. The molecule has 0 bridgehead atoms. The van der Waals surface area contributed by atoms with Crippen LogP contribution in [0.3, 0.4) is 0 Å². The third-order valence-corrected chi connectivity index (χ3v) is 4.22. The maximum Gasteiger partial charge on any atom is 0.286 e. The first kappa shape index (κ1) is 18.2. The highest BCUT2D eigenvalue weighted by Crippen LogP contribution is 2.29. The molecule has 0 aliphatic carbocycles. The smallest absolute Gasteiger partial charge is 0.286 e. The Labute approximate surface area is 161 Å². The molecule has 1 amide bonds. The maximum atomic E-state index is 14.4. The largest absolute Gasteiger partial charge is 0.468 e. The average Bonchev–Trinajstić information content (AvgIpc) is 3.12. The first-order valence-corrected chi connectivity index (χ1v) is 8.54. The average molecular weight is 470 g/mol. The second kappa shape index (κ2) is 7.73. The number of aryl methyl sites for hydroxylation is 1. The van der Waals surface area contributed by atoms with E-state index in [-0.39, 0.29) is 17.0 Å². The second-order valence-electron chi connectivity index (χ2n) is 5.36. The van der Waals surface area contributed by atoms with Crippen molar-refractivity contribution in [3.8, 4) is 5.75 Å². The summed E-state index contributed by atoms with van der Waals surface area (Å²) in [6.07, 6.45) is 2.64. The summed E-state index contributed by atoms with van der Waals surface area (Å²) in [7, 11) is 0. The van der Waals surface area contributed by atoms with Gasteiger partial charge in [0, 0.05) is 15.3 Å². The van der Waals surface area contributed by atoms with Crippen LogP contribution in [0, 0.1) is 22.1 Å². The van der Waals surface area contributed by atoms with Gasteiger partial charge in [-0.1, -0.05) is 0 Å². The van der Waals surface area contributed by atoms with E-state index in [0.717, 1.165) is 15.2 Å². The van der Waals surface area contributed by atoms with Gasteiger partial charge in [-0.25, -0.2) is 8.78 Å². The zero-order valence-corrected chi connectivity index (χ0v) is 15.6. The molecule has 0 aliphatic rings. The number of benzene rings is 2. The van der Waals surface area contributed by atoms with Gasteiger partial charge in [0.25, 0.3) is 5.91 Å². The lowest BCUT2D eigenvalue weighted by Crippen LogP contribution is -2.27. The Hall–Kier alpha value is -2.62. The van der Waals surface area contributed by atoms with Crippen LogP contribution in [0.25, 0.3) is 0 Å². The van der Waals surface area contributed by atoms with Crippen LogP contribution in [0.15, 0.2) is 53.3 Å². The van der Waals surface area contributed by atoms with Crippen LogP contribution >= 0.6 is 22.6 Å². The molecule has 5 nitrogen and oxygen atoms in total. The van der Waals surface area contributed by atoms with Crippen molar-refractivity contribution in [2.45, 2.75) is 6.92 Å².